The van der Waals surface area contributed by atoms with Crippen molar-refractivity contribution in [3.63, 3.8) is 0 Å². The summed E-state index contributed by atoms with van der Waals surface area (Å²) >= 11 is 0. The number of aryl methyl sites for hydroxylation is 3. The summed E-state index contributed by atoms with van der Waals surface area (Å²) in [6.45, 7) is 8.51. The second-order valence-electron chi connectivity index (χ2n) is 5.78. The second-order valence-corrected chi connectivity index (χ2v) is 5.78. The number of aromatic nitrogens is 2. The van der Waals surface area contributed by atoms with E-state index in [4.69, 9.17) is 4.98 Å². The van der Waals surface area contributed by atoms with Crippen molar-refractivity contribution in [3.8, 4) is 5.69 Å². The van der Waals surface area contributed by atoms with E-state index < -0.39 is 0 Å². The number of nitrogens with one attached hydrogen (secondary N) is 1. The Bertz CT molecular complexity index is 605. The fraction of sp³-hybridized carbons (Fsp3) is 0.471. The van der Waals surface area contributed by atoms with Crippen LogP contribution in [0.2, 0.25) is 0 Å². The van der Waals surface area contributed by atoms with E-state index in [0.29, 0.717) is 0 Å². The van der Waals surface area contributed by atoms with Gasteiger partial charge in [0.2, 0.25) is 0 Å². The molecule has 1 aliphatic heterocycles. The summed E-state index contributed by atoms with van der Waals surface area (Å²) in [6.07, 6.45) is 3.24. The maximum Gasteiger partial charge on any atom is 0.113 e. The van der Waals surface area contributed by atoms with Gasteiger partial charge in [0.15, 0.2) is 0 Å². The third kappa shape index (κ3) is 2.38. The average molecular weight is 269 g/mol. The van der Waals surface area contributed by atoms with Crippen LogP contribution < -0.4 is 5.32 Å². The molecule has 0 amide bonds. The van der Waals surface area contributed by atoms with Gasteiger partial charge in [0.25, 0.3) is 0 Å². The van der Waals surface area contributed by atoms with Crippen LogP contribution >= 0.6 is 0 Å². The Morgan fingerprint density at radius 2 is 1.95 bits per heavy atom. The molecule has 2 heterocycles. The molecule has 2 aromatic rings. The quantitative estimate of drug-likeness (QED) is 0.928. The molecule has 3 rings (SSSR count). The average Bonchev–Trinajstić information content (AvgIpc) is 2.76. The maximum atomic E-state index is 4.88. The van der Waals surface area contributed by atoms with E-state index >= 15 is 0 Å². The van der Waals surface area contributed by atoms with E-state index in [0.717, 1.165) is 32.4 Å². The smallest absolute Gasteiger partial charge is 0.113 e. The lowest BCUT2D eigenvalue weighted by atomic mass is 10.1. The largest absolute Gasteiger partial charge is 0.311 e. The molecule has 0 bridgehead atoms. The highest BCUT2D eigenvalue weighted by Crippen LogP contribution is 2.24. The zero-order valence-electron chi connectivity index (χ0n) is 12.7. The zero-order chi connectivity index (χ0) is 14.1. The highest BCUT2D eigenvalue weighted by molar-refractivity contribution is 5.43. The number of hydrogen-bond acceptors (Lipinski definition) is 2. The van der Waals surface area contributed by atoms with Gasteiger partial charge >= 0.3 is 0 Å². The molecule has 0 radical (unpaired) electrons. The predicted octanol–water partition coefficient (Wildman–Crippen LogP) is 3.09. The summed E-state index contributed by atoms with van der Waals surface area (Å²) in [5, 5.41) is 3.42. The van der Waals surface area contributed by atoms with E-state index in [2.05, 4.69) is 48.9 Å². The molecule has 3 nitrogen and oxygen atoms in total. The molecule has 1 aromatic heterocycles. The Labute approximate surface area is 121 Å². The number of fused-ring (bicyclic) bond motifs is 1. The summed E-state index contributed by atoms with van der Waals surface area (Å²) in [5.41, 5.74) is 6.55. The molecule has 0 saturated carbocycles. The van der Waals surface area contributed by atoms with Gasteiger partial charge in [-0.15, -0.1) is 0 Å². The van der Waals surface area contributed by atoms with Crippen LogP contribution in [0, 0.1) is 13.8 Å². The maximum absolute atomic E-state index is 4.88. The highest BCUT2D eigenvalue weighted by Gasteiger charge is 2.20. The van der Waals surface area contributed by atoms with Crippen LogP contribution in [0.3, 0.4) is 0 Å². The van der Waals surface area contributed by atoms with Crippen LogP contribution in [0.5, 0.6) is 0 Å². The number of nitrogens with zero attached hydrogens (tertiary/aromatic N) is 2. The molecule has 1 aliphatic rings. The zero-order valence-corrected chi connectivity index (χ0v) is 12.7. The van der Waals surface area contributed by atoms with Crippen LogP contribution in [0.15, 0.2) is 18.2 Å². The van der Waals surface area contributed by atoms with E-state index in [1.807, 2.05) is 0 Å². The topological polar surface area (TPSA) is 29.9 Å². The van der Waals surface area contributed by atoms with E-state index in [9.17, 15) is 0 Å². The van der Waals surface area contributed by atoms with Crippen molar-refractivity contribution >= 4 is 0 Å². The first-order valence-electron chi connectivity index (χ1n) is 7.57. The predicted molar refractivity (Wildman–Crippen MR) is 82.4 cm³/mol. The molecule has 0 unspecified atom stereocenters. The Balaban J connectivity index is 2.17. The monoisotopic (exact) mass is 269 g/mol. The lowest BCUT2D eigenvalue weighted by molar-refractivity contribution is 0.619. The van der Waals surface area contributed by atoms with Gasteiger partial charge in [-0.25, -0.2) is 4.98 Å². The fourth-order valence-corrected chi connectivity index (χ4v) is 3.14. The molecule has 0 fully saturated rings. The van der Waals surface area contributed by atoms with Gasteiger partial charge in [-0.1, -0.05) is 13.0 Å². The van der Waals surface area contributed by atoms with Crippen LogP contribution in [-0.2, 0) is 19.4 Å². The molecule has 0 saturated heterocycles. The molecule has 106 valence electrons. The van der Waals surface area contributed by atoms with Crippen LogP contribution in [0.1, 0.15) is 41.7 Å². The summed E-state index contributed by atoms with van der Waals surface area (Å²) in [4.78, 5) is 4.88. The Kier molecular flexibility index (Phi) is 3.62. The number of hydrogen-bond donors (Lipinski definition) is 1. The first-order valence-corrected chi connectivity index (χ1v) is 7.57. The van der Waals surface area contributed by atoms with Crippen LogP contribution in [0.4, 0.5) is 0 Å². The molecule has 0 spiro atoms. The van der Waals surface area contributed by atoms with E-state index in [1.165, 1.54) is 34.0 Å². The highest BCUT2D eigenvalue weighted by atomic mass is 15.1. The van der Waals surface area contributed by atoms with Gasteiger partial charge in [-0.2, -0.15) is 0 Å². The van der Waals surface area contributed by atoms with Crippen molar-refractivity contribution < 1.29 is 0 Å². The normalized spacial score (nSPS) is 14.3. The van der Waals surface area contributed by atoms with Gasteiger partial charge in [-0.3, -0.25) is 0 Å². The number of rotatable bonds is 3. The molecular formula is C17H23N3. The van der Waals surface area contributed by atoms with Gasteiger partial charge in [0, 0.05) is 37.3 Å². The Morgan fingerprint density at radius 3 is 2.65 bits per heavy atom. The second kappa shape index (κ2) is 5.41. The summed E-state index contributed by atoms with van der Waals surface area (Å²) in [6, 6.07) is 6.78. The fourth-order valence-electron chi connectivity index (χ4n) is 3.14. The van der Waals surface area contributed by atoms with Crippen LogP contribution in [-0.4, -0.2) is 16.1 Å². The van der Waals surface area contributed by atoms with Crippen molar-refractivity contribution in [2.75, 3.05) is 6.54 Å². The van der Waals surface area contributed by atoms with Gasteiger partial charge < -0.3 is 9.88 Å². The van der Waals surface area contributed by atoms with Crippen molar-refractivity contribution in [2.45, 2.75) is 46.6 Å². The molecule has 20 heavy (non-hydrogen) atoms. The third-order valence-corrected chi connectivity index (χ3v) is 3.89. The van der Waals surface area contributed by atoms with Gasteiger partial charge in [-0.05, 0) is 43.5 Å². The van der Waals surface area contributed by atoms with Crippen molar-refractivity contribution in [3.05, 3.63) is 46.5 Å². The lowest BCUT2D eigenvalue weighted by Crippen LogP contribution is -2.24. The minimum absolute atomic E-state index is 0.907. The Morgan fingerprint density at radius 1 is 1.20 bits per heavy atom. The molecular weight excluding hydrogens is 246 g/mol. The Hall–Kier alpha value is -1.61. The van der Waals surface area contributed by atoms with Gasteiger partial charge in [0.05, 0.1) is 5.69 Å². The van der Waals surface area contributed by atoms with Crippen molar-refractivity contribution in [1.29, 1.82) is 0 Å². The van der Waals surface area contributed by atoms with Crippen LogP contribution in [0.25, 0.3) is 5.69 Å². The summed E-state index contributed by atoms with van der Waals surface area (Å²) in [7, 11) is 0. The van der Waals surface area contributed by atoms with E-state index in [1.54, 1.807) is 0 Å². The summed E-state index contributed by atoms with van der Waals surface area (Å²) in [5.74, 6) is 1.21. The third-order valence-electron chi connectivity index (χ3n) is 3.89. The SMILES string of the molecule is CCCc1nc2c(n1-c1cc(C)cc(C)c1)CCNC2. The molecule has 1 N–H and O–H groups in total. The van der Waals surface area contributed by atoms with Crippen molar-refractivity contribution in [2.24, 2.45) is 0 Å². The lowest BCUT2D eigenvalue weighted by Gasteiger charge is -2.17. The van der Waals surface area contributed by atoms with Gasteiger partial charge in [0.1, 0.15) is 5.82 Å². The molecule has 0 atom stereocenters. The first kappa shape index (κ1) is 13.4. The number of benzene rings is 1. The molecule has 0 aliphatic carbocycles. The standard InChI is InChI=1S/C17H23N3/c1-4-5-17-19-15-11-18-7-6-16(15)20(17)14-9-12(2)8-13(3)10-14/h8-10,18H,4-7,11H2,1-3H3. The summed E-state index contributed by atoms with van der Waals surface area (Å²) < 4.78 is 2.40. The molecule has 1 aromatic carbocycles. The molecule has 3 heteroatoms. The minimum atomic E-state index is 0.907. The van der Waals surface area contributed by atoms with E-state index in [-0.39, 0.29) is 0 Å². The van der Waals surface area contributed by atoms with Crippen molar-refractivity contribution in [1.82, 2.24) is 14.9 Å². The minimum Gasteiger partial charge on any atom is -0.311 e. The first-order chi connectivity index (χ1) is 9.69. The number of imidazole rings is 1.